The summed E-state index contributed by atoms with van der Waals surface area (Å²) in [4.78, 5) is 31.8. The first kappa shape index (κ1) is 18.4. The summed E-state index contributed by atoms with van der Waals surface area (Å²) in [7, 11) is 0. The van der Waals surface area contributed by atoms with Gasteiger partial charge in [0.05, 0.1) is 12.1 Å². The average Bonchev–Trinajstić information content (AvgIpc) is 3.41. The Labute approximate surface area is 161 Å². The van der Waals surface area contributed by atoms with Crippen molar-refractivity contribution in [3.05, 3.63) is 29.8 Å². The van der Waals surface area contributed by atoms with Crippen molar-refractivity contribution in [3.8, 4) is 0 Å². The van der Waals surface area contributed by atoms with Gasteiger partial charge >= 0.3 is 0 Å². The molecule has 1 aliphatic carbocycles. The smallest absolute Gasteiger partial charge is 0.244 e. The molecular weight excluding hydrogens is 340 g/mol. The van der Waals surface area contributed by atoms with Crippen molar-refractivity contribution in [1.82, 2.24) is 15.1 Å². The van der Waals surface area contributed by atoms with Crippen molar-refractivity contribution < 1.29 is 9.59 Å². The lowest BCUT2D eigenvalue weighted by molar-refractivity contribution is -0.128. The van der Waals surface area contributed by atoms with Gasteiger partial charge in [-0.1, -0.05) is 18.2 Å². The third kappa shape index (κ3) is 3.87. The fourth-order valence-electron chi connectivity index (χ4n) is 4.18. The summed E-state index contributed by atoms with van der Waals surface area (Å²) in [6, 6.07) is 8.38. The Bertz CT molecular complexity index is 710. The van der Waals surface area contributed by atoms with Crippen molar-refractivity contribution in [1.29, 1.82) is 0 Å². The highest BCUT2D eigenvalue weighted by Crippen LogP contribution is 2.28. The average molecular weight is 370 g/mol. The lowest BCUT2D eigenvalue weighted by Gasteiger charge is -2.40. The Morgan fingerprint density at radius 3 is 2.26 bits per heavy atom. The molecule has 2 amide bonds. The molecule has 3 aliphatic rings. The molecule has 2 unspecified atom stereocenters. The highest BCUT2D eigenvalue weighted by molar-refractivity contribution is 5.98. The number of carbonyl (C=O) groups excluding carboxylic acids is 2. The van der Waals surface area contributed by atoms with Gasteiger partial charge in [0.15, 0.2) is 0 Å². The van der Waals surface area contributed by atoms with Crippen molar-refractivity contribution in [3.63, 3.8) is 0 Å². The van der Waals surface area contributed by atoms with E-state index in [4.69, 9.17) is 0 Å². The Hall–Kier alpha value is -1.92. The summed E-state index contributed by atoms with van der Waals surface area (Å²) in [6.07, 6.45) is 3.17. The van der Waals surface area contributed by atoms with Gasteiger partial charge in [-0.05, 0) is 44.7 Å². The monoisotopic (exact) mass is 370 g/mol. The van der Waals surface area contributed by atoms with Gasteiger partial charge in [0.25, 0.3) is 0 Å². The van der Waals surface area contributed by atoms with E-state index in [9.17, 15) is 9.59 Å². The highest BCUT2D eigenvalue weighted by Gasteiger charge is 2.34. The number of fused-ring (bicyclic) bond motifs is 1. The van der Waals surface area contributed by atoms with E-state index in [0.29, 0.717) is 6.04 Å². The molecule has 2 heterocycles. The number of piperazine rings is 1. The fraction of sp³-hybridized carbons (Fsp3) is 0.619. The summed E-state index contributed by atoms with van der Waals surface area (Å²) in [5.41, 5.74) is 2.33. The number of carbonyl (C=O) groups is 2. The molecule has 2 fully saturated rings. The van der Waals surface area contributed by atoms with Crippen LogP contribution in [-0.4, -0.2) is 72.5 Å². The molecule has 4 rings (SSSR count). The SMILES string of the molecule is CC(C(=O)NC1CC1)N1CCN(C(C)C(=O)N2CCc3ccccc32)CC1. The van der Waals surface area contributed by atoms with Crippen LogP contribution in [0.4, 0.5) is 5.69 Å². The third-order valence-electron chi connectivity index (χ3n) is 6.26. The molecule has 6 nitrogen and oxygen atoms in total. The van der Waals surface area contributed by atoms with E-state index in [2.05, 4.69) is 21.2 Å². The zero-order valence-electron chi connectivity index (χ0n) is 16.4. The molecule has 1 aromatic rings. The van der Waals surface area contributed by atoms with Gasteiger partial charge in [-0.25, -0.2) is 0 Å². The van der Waals surface area contributed by atoms with Crippen LogP contribution in [0.2, 0.25) is 0 Å². The summed E-state index contributed by atoms with van der Waals surface area (Å²) in [5.74, 6) is 0.330. The molecule has 1 aromatic carbocycles. The van der Waals surface area contributed by atoms with Gasteiger partial charge < -0.3 is 10.2 Å². The molecule has 0 aromatic heterocycles. The van der Waals surface area contributed by atoms with Gasteiger partial charge in [-0.15, -0.1) is 0 Å². The zero-order chi connectivity index (χ0) is 19.0. The van der Waals surface area contributed by atoms with Crippen molar-refractivity contribution in [2.75, 3.05) is 37.6 Å². The molecule has 1 N–H and O–H groups in total. The molecule has 146 valence electrons. The zero-order valence-corrected chi connectivity index (χ0v) is 16.4. The Balaban J connectivity index is 1.31. The first-order valence-corrected chi connectivity index (χ1v) is 10.2. The van der Waals surface area contributed by atoms with Crippen molar-refractivity contribution in [2.24, 2.45) is 0 Å². The number of anilines is 1. The maximum atomic E-state index is 13.1. The molecule has 1 saturated carbocycles. The molecule has 1 saturated heterocycles. The maximum Gasteiger partial charge on any atom is 0.244 e. The second-order valence-corrected chi connectivity index (χ2v) is 8.08. The minimum atomic E-state index is -0.131. The van der Waals surface area contributed by atoms with Gasteiger partial charge in [-0.2, -0.15) is 0 Å². The maximum absolute atomic E-state index is 13.1. The van der Waals surface area contributed by atoms with Gasteiger partial charge in [0.1, 0.15) is 0 Å². The summed E-state index contributed by atoms with van der Waals surface area (Å²) < 4.78 is 0. The molecule has 0 bridgehead atoms. The predicted octanol–water partition coefficient (Wildman–Crippen LogP) is 1.25. The second kappa shape index (κ2) is 7.60. The van der Waals surface area contributed by atoms with E-state index >= 15 is 0 Å². The highest BCUT2D eigenvalue weighted by atomic mass is 16.2. The Morgan fingerprint density at radius 2 is 1.59 bits per heavy atom. The number of hydrogen-bond donors (Lipinski definition) is 1. The van der Waals surface area contributed by atoms with E-state index in [-0.39, 0.29) is 23.9 Å². The molecule has 0 spiro atoms. The quantitative estimate of drug-likeness (QED) is 0.848. The van der Waals surface area contributed by atoms with Crippen LogP contribution in [0, 0.1) is 0 Å². The molecular formula is C21H30N4O2. The minimum absolute atomic E-state index is 0.0933. The first-order valence-electron chi connectivity index (χ1n) is 10.2. The number of rotatable bonds is 5. The normalized spacial score (nSPS) is 23.0. The molecule has 2 atom stereocenters. The van der Waals surface area contributed by atoms with Crippen molar-refractivity contribution in [2.45, 2.75) is 51.2 Å². The predicted molar refractivity (Wildman–Crippen MR) is 106 cm³/mol. The number of hydrogen-bond acceptors (Lipinski definition) is 4. The summed E-state index contributed by atoms with van der Waals surface area (Å²) in [5, 5.41) is 3.09. The first-order chi connectivity index (χ1) is 13.0. The van der Waals surface area contributed by atoms with Gasteiger partial charge in [-0.3, -0.25) is 19.4 Å². The number of nitrogens with one attached hydrogen (secondary N) is 1. The van der Waals surface area contributed by atoms with E-state index < -0.39 is 0 Å². The molecule has 0 radical (unpaired) electrons. The van der Waals surface area contributed by atoms with Crippen LogP contribution in [0.25, 0.3) is 0 Å². The minimum Gasteiger partial charge on any atom is -0.352 e. The molecule has 2 aliphatic heterocycles. The summed E-state index contributed by atoms with van der Waals surface area (Å²) >= 11 is 0. The fourth-order valence-corrected chi connectivity index (χ4v) is 4.18. The number of benzene rings is 1. The van der Waals surface area contributed by atoms with Crippen LogP contribution < -0.4 is 10.2 Å². The van der Waals surface area contributed by atoms with E-state index in [1.807, 2.05) is 36.9 Å². The molecule has 27 heavy (non-hydrogen) atoms. The topological polar surface area (TPSA) is 55.9 Å². The second-order valence-electron chi connectivity index (χ2n) is 8.08. The lowest BCUT2D eigenvalue weighted by Crippen LogP contribution is -2.58. The standard InChI is InChI=1S/C21H30N4O2/c1-15(20(26)22-18-7-8-18)23-11-13-24(14-12-23)16(2)21(27)25-10-9-17-5-3-4-6-19(17)25/h3-6,15-16,18H,7-14H2,1-2H3,(H,22,26). The van der Waals surface area contributed by atoms with Gasteiger partial charge in [0.2, 0.25) is 11.8 Å². The largest absolute Gasteiger partial charge is 0.352 e. The van der Waals surface area contributed by atoms with Crippen LogP contribution in [0.5, 0.6) is 0 Å². The number of amides is 2. The van der Waals surface area contributed by atoms with Crippen LogP contribution in [0.1, 0.15) is 32.3 Å². The third-order valence-corrected chi connectivity index (χ3v) is 6.26. The Kier molecular flexibility index (Phi) is 5.19. The van der Waals surface area contributed by atoms with E-state index in [1.54, 1.807) is 0 Å². The number of para-hydroxylation sites is 1. The Morgan fingerprint density at radius 1 is 0.963 bits per heavy atom. The van der Waals surface area contributed by atoms with Crippen molar-refractivity contribution >= 4 is 17.5 Å². The summed E-state index contributed by atoms with van der Waals surface area (Å²) in [6.45, 7) is 8.08. The van der Waals surface area contributed by atoms with E-state index in [1.165, 1.54) is 5.56 Å². The van der Waals surface area contributed by atoms with Gasteiger partial charge in [0, 0.05) is 44.5 Å². The van der Waals surface area contributed by atoms with Crippen LogP contribution in [0.3, 0.4) is 0 Å². The number of nitrogens with zero attached hydrogens (tertiary/aromatic N) is 3. The molecule has 6 heteroatoms. The van der Waals surface area contributed by atoms with Crippen LogP contribution in [0.15, 0.2) is 24.3 Å². The lowest BCUT2D eigenvalue weighted by atomic mass is 10.1. The van der Waals surface area contributed by atoms with E-state index in [0.717, 1.165) is 57.7 Å². The van der Waals surface area contributed by atoms with Crippen LogP contribution >= 0.6 is 0 Å². The van der Waals surface area contributed by atoms with Crippen LogP contribution in [-0.2, 0) is 16.0 Å².